The van der Waals surface area contributed by atoms with Crippen molar-refractivity contribution in [2.45, 2.75) is 83.6 Å². The molecule has 108 valence electrons. The van der Waals surface area contributed by atoms with Crippen LogP contribution >= 0.6 is 0 Å². The van der Waals surface area contributed by atoms with Gasteiger partial charge in [-0.05, 0) is 6.42 Å². The minimum Gasteiger partial charge on any atom is -0.469 e. The summed E-state index contributed by atoms with van der Waals surface area (Å²) >= 11 is 0. The molecule has 0 aliphatic rings. The van der Waals surface area contributed by atoms with E-state index >= 15 is 0 Å². The van der Waals surface area contributed by atoms with Gasteiger partial charge in [0.15, 0.2) is 0 Å². The first kappa shape index (κ1) is 17.4. The Labute approximate surface area is 112 Å². The third kappa shape index (κ3) is 11.9. The highest BCUT2D eigenvalue weighted by molar-refractivity contribution is 5.69. The zero-order valence-corrected chi connectivity index (χ0v) is 12.2. The summed E-state index contributed by atoms with van der Waals surface area (Å²) in [7, 11) is 1.41. The van der Waals surface area contributed by atoms with E-state index in [4.69, 9.17) is 5.73 Å². The molecule has 0 aliphatic carbocycles. The van der Waals surface area contributed by atoms with Gasteiger partial charge < -0.3 is 10.5 Å². The van der Waals surface area contributed by atoms with Crippen molar-refractivity contribution in [3.8, 4) is 0 Å². The van der Waals surface area contributed by atoms with E-state index in [-0.39, 0.29) is 12.0 Å². The molecule has 0 amide bonds. The van der Waals surface area contributed by atoms with Crippen LogP contribution in [-0.4, -0.2) is 19.1 Å². The van der Waals surface area contributed by atoms with Gasteiger partial charge in [-0.1, -0.05) is 64.7 Å². The lowest BCUT2D eigenvalue weighted by molar-refractivity contribution is -0.141. The summed E-state index contributed by atoms with van der Waals surface area (Å²) in [5, 5.41) is 0. The van der Waals surface area contributed by atoms with Crippen LogP contribution in [0.2, 0.25) is 0 Å². The Morgan fingerprint density at radius 3 is 2.00 bits per heavy atom. The van der Waals surface area contributed by atoms with Crippen LogP contribution in [0.1, 0.15) is 77.6 Å². The Hall–Kier alpha value is -0.570. The summed E-state index contributed by atoms with van der Waals surface area (Å²) in [5.74, 6) is -0.196. The van der Waals surface area contributed by atoms with Crippen molar-refractivity contribution in [3.63, 3.8) is 0 Å². The van der Waals surface area contributed by atoms with Crippen molar-refractivity contribution < 1.29 is 9.53 Å². The zero-order chi connectivity index (χ0) is 13.6. The van der Waals surface area contributed by atoms with Crippen LogP contribution in [0, 0.1) is 0 Å². The molecule has 0 saturated heterocycles. The van der Waals surface area contributed by atoms with Gasteiger partial charge in [0.1, 0.15) is 0 Å². The summed E-state index contributed by atoms with van der Waals surface area (Å²) in [6.07, 6.45) is 13.1. The maximum absolute atomic E-state index is 11.0. The molecule has 0 fully saturated rings. The number of esters is 1. The zero-order valence-electron chi connectivity index (χ0n) is 12.2. The van der Waals surface area contributed by atoms with E-state index < -0.39 is 0 Å². The predicted octanol–water partition coefficient (Wildman–Crippen LogP) is 3.80. The fourth-order valence-electron chi connectivity index (χ4n) is 2.12. The van der Waals surface area contributed by atoms with Gasteiger partial charge in [0.25, 0.3) is 0 Å². The van der Waals surface area contributed by atoms with E-state index in [0.717, 1.165) is 12.8 Å². The minimum atomic E-state index is -0.196. The number of carbonyl (C=O) groups is 1. The maximum Gasteiger partial charge on any atom is 0.307 e. The Kier molecular flexibility index (Phi) is 12.5. The van der Waals surface area contributed by atoms with Crippen molar-refractivity contribution in [2.24, 2.45) is 5.73 Å². The monoisotopic (exact) mass is 257 g/mol. The Morgan fingerprint density at radius 1 is 1.00 bits per heavy atom. The minimum absolute atomic E-state index is 0.0259. The molecular weight excluding hydrogens is 226 g/mol. The first-order chi connectivity index (χ1) is 8.70. The van der Waals surface area contributed by atoms with Crippen LogP contribution in [-0.2, 0) is 9.53 Å². The van der Waals surface area contributed by atoms with E-state index in [1.54, 1.807) is 0 Å². The summed E-state index contributed by atoms with van der Waals surface area (Å²) in [6, 6.07) is -0.0259. The molecule has 1 unspecified atom stereocenters. The standard InChI is InChI=1S/C15H31NO2/c1-3-4-5-6-7-8-9-10-11-12-14(16)13-15(17)18-2/h14H,3-13,16H2,1-2H3. The molecule has 0 heterocycles. The van der Waals surface area contributed by atoms with Crippen LogP contribution < -0.4 is 5.73 Å². The SMILES string of the molecule is CCCCCCCCCCCC(N)CC(=O)OC. The second-order valence-corrected chi connectivity index (χ2v) is 5.16. The summed E-state index contributed by atoms with van der Waals surface area (Å²) in [4.78, 5) is 11.0. The smallest absolute Gasteiger partial charge is 0.307 e. The summed E-state index contributed by atoms with van der Waals surface area (Å²) in [5.41, 5.74) is 5.85. The molecule has 3 nitrogen and oxygen atoms in total. The van der Waals surface area contributed by atoms with Crippen LogP contribution in [0.25, 0.3) is 0 Å². The number of carbonyl (C=O) groups excluding carboxylic acids is 1. The fourth-order valence-corrected chi connectivity index (χ4v) is 2.12. The molecule has 0 bridgehead atoms. The lowest BCUT2D eigenvalue weighted by Crippen LogP contribution is -2.24. The van der Waals surface area contributed by atoms with Gasteiger partial charge in [-0.2, -0.15) is 0 Å². The van der Waals surface area contributed by atoms with Gasteiger partial charge in [0.2, 0.25) is 0 Å². The topological polar surface area (TPSA) is 52.3 Å². The van der Waals surface area contributed by atoms with E-state index in [1.807, 2.05) is 0 Å². The second kappa shape index (κ2) is 12.9. The van der Waals surface area contributed by atoms with E-state index in [1.165, 1.54) is 58.5 Å². The third-order valence-corrected chi connectivity index (χ3v) is 3.33. The first-order valence-corrected chi connectivity index (χ1v) is 7.53. The van der Waals surface area contributed by atoms with Gasteiger partial charge in [0.05, 0.1) is 13.5 Å². The molecule has 0 aliphatic heterocycles. The number of nitrogens with two attached hydrogens (primary N) is 1. The van der Waals surface area contributed by atoms with Crippen LogP contribution in [0.15, 0.2) is 0 Å². The van der Waals surface area contributed by atoms with Crippen LogP contribution in [0.5, 0.6) is 0 Å². The molecule has 0 aromatic heterocycles. The quantitative estimate of drug-likeness (QED) is 0.427. The maximum atomic E-state index is 11.0. The Balaban J connectivity index is 3.17. The van der Waals surface area contributed by atoms with Crippen molar-refractivity contribution in [1.29, 1.82) is 0 Å². The third-order valence-electron chi connectivity index (χ3n) is 3.33. The molecule has 0 saturated carbocycles. The van der Waals surface area contributed by atoms with Crippen molar-refractivity contribution in [3.05, 3.63) is 0 Å². The highest BCUT2D eigenvalue weighted by Gasteiger charge is 2.08. The van der Waals surface area contributed by atoms with E-state index in [2.05, 4.69) is 11.7 Å². The molecule has 2 N–H and O–H groups in total. The van der Waals surface area contributed by atoms with E-state index in [0.29, 0.717) is 6.42 Å². The van der Waals surface area contributed by atoms with Gasteiger partial charge in [-0.25, -0.2) is 0 Å². The Bertz CT molecular complexity index is 195. The summed E-state index contributed by atoms with van der Waals surface area (Å²) < 4.78 is 4.59. The lowest BCUT2D eigenvalue weighted by Gasteiger charge is -2.09. The second-order valence-electron chi connectivity index (χ2n) is 5.16. The highest BCUT2D eigenvalue weighted by Crippen LogP contribution is 2.11. The molecule has 3 heteroatoms. The average Bonchev–Trinajstić information content (AvgIpc) is 2.36. The van der Waals surface area contributed by atoms with Crippen LogP contribution in [0.3, 0.4) is 0 Å². The number of unbranched alkanes of at least 4 members (excludes halogenated alkanes) is 8. The predicted molar refractivity (Wildman–Crippen MR) is 76.5 cm³/mol. The number of hydrogen-bond acceptors (Lipinski definition) is 3. The molecule has 0 rings (SSSR count). The number of rotatable bonds is 12. The van der Waals surface area contributed by atoms with Crippen LogP contribution in [0.4, 0.5) is 0 Å². The summed E-state index contributed by atoms with van der Waals surface area (Å²) in [6.45, 7) is 2.25. The molecule has 0 radical (unpaired) electrons. The van der Waals surface area contributed by atoms with Gasteiger partial charge in [-0.15, -0.1) is 0 Å². The number of hydrogen-bond donors (Lipinski definition) is 1. The Morgan fingerprint density at radius 2 is 1.50 bits per heavy atom. The molecular formula is C15H31NO2. The highest BCUT2D eigenvalue weighted by atomic mass is 16.5. The van der Waals surface area contributed by atoms with Crippen molar-refractivity contribution >= 4 is 5.97 Å². The number of ether oxygens (including phenoxy) is 1. The van der Waals surface area contributed by atoms with Gasteiger partial charge >= 0.3 is 5.97 Å². The number of methoxy groups -OCH3 is 1. The van der Waals surface area contributed by atoms with Crippen molar-refractivity contribution in [2.75, 3.05) is 7.11 Å². The largest absolute Gasteiger partial charge is 0.469 e. The van der Waals surface area contributed by atoms with E-state index in [9.17, 15) is 4.79 Å². The van der Waals surface area contributed by atoms with Gasteiger partial charge in [-0.3, -0.25) is 4.79 Å². The molecule has 18 heavy (non-hydrogen) atoms. The molecule has 1 atom stereocenters. The molecule has 0 spiro atoms. The fraction of sp³-hybridized carbons (Fsp3) is 0.933. The average molecular weight is 257 g/mol. The van der Waals surface area contributed by atoms with Crippen molar-refractivity contribution in [1.82, 2.24) is 0 Å². The molecule has 0 aromatic rings. The molecule has 0 aromatic carbocycles. The first-order valence-electron chi connectivity index (χ1n) is 7.53. The lowest BCUT2D eigenvalue weighted by atomic mass is 10.0. The normalized spacial score (nSPS) is 12.4. The van der Waals surface area contributed by atoms with Gasteiger partial charge in [0, 0.05) is 6.04 Å².